The molecule has 3 fully saturated rings. The van der Waals surface area contributed by atoms with Gasteiger partial charge in [-0.2, -0.15) is 9.97 Å². The van der Waals surface area contributed by atoms with Gasteiger partial charge in [-0.05, 0) is 30.7 Å². The molecule has 0 atom stereocenters. The highest BCUT2D eigenvalue weighted by Gasteiger charge is 2.24. The molecule has 7 heteroatoms. The first kappa shape index (κ1) is 20.5. The average molecular weight is 424 g/mol. The molecule has 0 unspecified atom stereocenters. The van der Waals surface area contributed by atoms with Gasteiger partial charge in [-0.3, -0.25) is 0 Å². The number of nitrogens with zero attached hydrogens (tertiary/aromatic N) is 5. The van der Waals surface area contributed by atoms with Crippen LogP contribution < -0.4 is 14.7 Å². The zero-order valence-corrected chi connectivity index (χ0v) is 18.3. The second-order valence-corrected chi connectivity index (χ2v) is 8.70. The predicted molar refractivity (Wildman–Crippen MR) is 123 cm³/mol. The fourth-order valence-corrected chi connectivity index (χ4v) is 4.74. The molecule has 0 amide bonds. The normalized spacial score (nSPS) is 20.8. The molecule has 0 N–H and O–H groups in total. The van der Waals surface area contributed by atoms with Gasteiger partial charge in [0.25, 0.3) is 0 Å². The van der Waals surface area contributed by atoms with Gasteiger partial charge in [0.05, 0.1) is 26.4 Å². The summed E-state index contributed by atoms with van der Waals surface area (Å²) in [5, 5.41) is 0. The molecular formula is C24H33N5O2. The molecule has 3 aliphatic heterocycles. The summed E-state index contributed by atoms with van der Waals surface area (Å²) < 4.78 is 11.1. The zero-order chi connectivity index (χ0) is 20.9. The lowest BCUT2D eigenvalue weighted by Gasteiger charge is -2.35. The van der Waals surface area contributed by atoms with Crippen molar-refractivity contribution < 1.29 is 9.47 Å². The summed E-state index contributed by atoms with van der Waals surface area (Å²) in [5.74, 6) is 3.68. The van der Waals surface area contributed by atoms with E-state index in [4.69, 9.17) is 19.4 Å². The topological polar surface area (TPSA) is 54.0 Å². The van der Waals surface area contributed by atoms with E-state index in [2.05, 4.69) is 51.1 Å². The van der Waals surface area contributed by atoms with Gasteiger partial charge < -0.3 is 24.2 Å². The lowest BCUT2D eigenvalue weighted by molar-refractivity contribution is 0.121. The van der Waals surface area contributed by atoms with Crippen LogP contribution in [-0.4, -0.2) is 75.7 Å². The van der Waals surface area contributed by atoms with Gasteiger partial charge in [-0.15, -0.1) is 0 Å². The number of ether oxygens (including phenoxy) is 2. The van der Waals surface area contributed by atoms with Crippen molar-refractivity contribution in [2.75, 3.05) is 80.4 Å². The van der Waals surface area contributed by atoms with Gasteiger partial charge in [0.15, 0.2) is 0 Å². The Morgan fingerprint density at radius 3 is 1.87 bits per heavy atom. The third-order valence-corrected chi connectivity index (χ3v) is 6.62. The zero-order valence-electron chi connectivity index (χ0n) is 18.3. The minimum Gasteiger partial charge on any atom is -0.378 e. The number of morpholine rings is 2. The molecule has 7 nitrogen and oxygen atoms in total. The predicted octanol–water partition coefficient (Wildman–Crippen LogP) is 2.61. The second kappa shape index (κ2) is 9.83. The number of hydrogen-bond donors (Lipinski definition) is 0. The van der Waals surface area contributed by atoms with Crippen LogP contribution in [-0.2, 0) is 15.9 Å². The smallest absolute Gasteiger partial charge is 0.229 e. The fraction of sp³-hybridized carbons (Fsp3) is 0.583. The summed E-state index contributed by atoms with van der Waals surface area (Å²) in [4.78, 5) is 17.0. The van der Waals surface area contributed by atoms with Crippen LogP contribution in [0.4, 0.5) is 17.6 Å². The summed E-state index contributed by atoms with van der Waals surface area (Å²) in [5.41, 5.74) is 1.45. The van der Waals surface area contributed by atoms with E-state index in [9.17, 15) is 0 Å². The first-order valence-corrected chi connectivity index (χ1v) is 11.7. The third-order valence-electron chi connectivity index (χ3n) is 6.62. The SMILES string of the molecule is c1ccc(CC2CCN(c3cc(N4CCOCC4)nc(N4CCOCC4)n3)CC2)cc1. The molecule has 0 radical (unpaired) electrons. The standard InChI is InChI=1S/C24H33N5O2/c1-2-4-20(5-3-1)18-21-6-8-27(9-7-21)22-19-23(28-10-14-30-15-11-28)26-24(25-22)29-12-16-31-17-13-29/h1-5,19,21H,6-18H2. The molecule has 1 aromatic heterocycles. The van der Waals surface area contributed by atoms with Crippen molar-refractivity contribution in [3.05, 3.63) is 42.0 Å². The lowest BCUT2D eigenvalue weighted by Crippen LogP contribution is -2.40. The van der Waals surface area contributed by atoms with Gasteiger partial charge in [0.2, 0.25) is 5.95 Å². The minimum atomic E-state index is 0.741. The fourth-order valence-electron chi connectivity index (χ4n) is 4.74. The van der Waals surface area contributed by atoms with E-state index in [1.165, 1.54) is 24.8 Å². The molecule has 0 saturated carbocycles. The maximum Gasteiger partial charge on any atom is 0.229 e. The molecular weight excluding hydrogens is 390 g/mol. The summed E-state index contributed by atoms with van der Waals surface area (Å²) in [7, 11) is 0. The highest BCUT2D eigenvalue weighted by Crippen LogP contribution is 2.29. The van der Waals surface area contributed by atoms with Crippen LogP contribution in [0.2, 0.25) is 0 Å². The Labute approximate surface area is 185 Å². The van der Waals surface area contributed by atoms with Crippen LogP contribution >= 0.6 is 0 Å². The number of piperidine rings is 1. The molecule has 31 heavy (non-hydrogen) atoms. The molecule has 0 spiro atoms. The van der Waals surface area contributed by atoms with Gasteiger partial charge in [-0.1, -0.05) is 30.3 Å². The Morgan fingerprint density at radius 1 is 0.710 bits per heavy atom. The molecule has 5 rings (SSSR count). The van der Waals surface area contributed by atoms with E-state index in [-0.39, 0.29) is 0 Å². The highest BCUT2D eigenvalue weighted by atomic mass is 16.5. The number of rotatable bonds is 5. The van der Waals surface area contributed by atoms with E-state index in [0.29, 0.717) is 0 Å². The Bertz CT molecular complexity index is 793. The second-order valence-electron chi connectivity index (χ2n) is 8.70. The van der Waals surface area contributed by atoms with E-state index in [0.717, 1.165) is 89.2 Å². The summed E-state index contributed by atoms with van der Waals surface area (Å²) in [6, 6.07) is 13.1. The summed E-state index contributed by atoms with van der Waals surface area (Å²) in [6.45, 7) is 8.59. The maximum atomic E-state index is 5.55. The molecule has 0 aliphatic carbocycles. The van der Waals surface area contributed by atoms with Crippen molar-refractivity contribution in [2.45, 2.75) is 19.3 Å². The van der Waals surface area contributed by atoms with Gasteiger partial charge in [-0.25, -0.2) is 0 Å². The highest BCUT2D eigenvalue weighted by molar-refractivity contribution is 5.56. The Hall–Kier alpha value is -2.38. The molecule has 4 heterocycles. The summed E-state index contributed by atoms with van der Waals surface area (Å²) >= 11 is 0. The van der Waals surface area contributed by atoms with Gasteiger partial charge in [0, 0.05) is 45.3 Å². The van der Waals surface area contributed by atoms with Crippen LogP contribution in [0.1, 0.15) is 18.4 Å². The molecule has 166 valence electrons. The number of aromatic nitrogens is 2. The summed E-state index contributed by atoms with van der Waals surface area (Å²) in [6.07, 6.45) is 3.59. The van der Waals surface area contributed by atoms with E-state index in [1.807, 2.05) is 0 Å². The van der Waals surface area contributed by atoms with Crippen LogP contribution in [0.25, 0.3) is 0 Å². The molecule has 2 aromatic rings. The Balaban J connectivity index is 1.31. The Morgan fingerprint density at radius 2 is 1.26 bits per heavy atom. The number of anilines is 3. The van der Waals surface area contributed by atoms with Gasteiger partial charge in [0.1, 0.15) is 11.6 Å². The van der Waals surface area contributed by atoms with Crippen molar-refractivity contribution in [1.29, 1.82) is 0 Å². The van der Waals surface area contributed by atoms with Crippen molar-refractivity contribution in [3.8, 4) is 0 Å². The van der Waals surface area contributed by atoms with Crippen molar-refractivity contribution in [2.24, 2.45) is 5.92 Å². The third kappa shape index (κ3) is 5.10. The maximum absolute atomic E-state index is 5.55. The molecule has 3 aliphatic rings. The number of hydrogen-bond acceptors (Lipinski definition) is 7. The quantitative estimate of drug-likeness (QED) is 0.733. The first-order chi connectivity index (χ1) is 15.3. The monoisotopic (exact) mass is 423 g/mol. The number of benzene rings is 1. The average Bonchev–Trinajstić information content (AvgIpc) is 2.86. The largest absolute Gasteiger partial charge is 0.378 e. The van der Waals surface area contributed by atoms with Crippen LogP contribution in [0.15, 0.2) is 36.4 Å². The minimum absolute atomic E-state index is 0.741. The van der Waals surface area contributed by atoms with Crippen molar-refractivity contribution >= 4 is 17.6 Å². The van der Waals surface area contributed by atoms with Crippen LogP contribution in [0, 0.1) is 5.92 Å². The molecule has 1 aromatic carbocycles. The first-order valence-electron chi connectivity index (χ1n) is 11.7. The molecule has 3 saturated heterocycles. The van der Waals surface area contributed by atoms with E-state index < -0.39 is 0 Å². The van der Waals surface area contributed by atoms with Crippen molar-refractivity contribution in [1.82, 2.24) is 9.97 Å². The molecule has 0 bridgehead atoms. The van der Waals surface area contributed by atoms with Crippen LogP contribution in [0.5, 0.6) is 0 Å². The lowest BCUT2D eigenvalue weighted by atomic mass is 9.90. The van der Waals surface area contributed by atoms with Crippen LogP contribution in [0.3, 0.4) is 0 Å². The van der Waals surface area contributed by atoms with E-state index >= 15 is 0 Å². The van der Waals surface area contributed by atoms with Crippen molar-refractivity contribution in [3.63, 3.8) is 0 Å². The van der Waals surface area contributed by atoms with E-state index in [1.54, 1.807) is 0 Å². The van der Waals surface area contributed by atoms with Gasteiger partial charge >= 0.3 is 0 Å². The Kier molecular flexibility index (Phi) is 6.51.